The minimum atomic E-state index is -0.928. The van der Waals surface area contributed by atoms with Crippen LogP contribution in [-0.4, -0.2) is 27.7 Å². The Morgan fingerprint density at radius 2 is 1.79 bits per heavy atom. The van der Waals surface area contributed by atoms with Crippen molar-refractivity contribution in [2.75, 3.05) is 0 Å². The van der Waals surface area contributed by atoms with Crippen LogP contribution in [0.3, 0.4) is 0 Å². The monoisotopic (exact) mass is 332 g/mol. The van der Waals surface area contributed by atoms with E-state index in [9.17, 15) is 15.0 Å². The van der Waals surface area contributed by atoms with E-state index in [0.29, 0.717) is 30.0 Å². The van der Waals surface area contributed by atoms with Crippen molar-refractivity contribution in [3.05, 3.63) is 11.6 Å². The lowest BCUT2D eigenvalue weighted by Gasteiger charge is -2.59. The fourth-order valence-corrected chi connectivity index (χ4v) is 7.30. The van der Waals surface area contributed by atoms with Crippen LogP contribution in [0, 0.1) is 28.6 Å². The largest absolute Gasteiger partial charge is 0.390 e. The van der Waals surface area contributed by atoms with Crippen LogP contribution in [0.1, 0.15) is 72.1 Å². The van der Waals surface area contributed by atoms with Gasteiger partial charge in [0.15, 0.2) is 5.78 Å². The summed E-state index contributed by atoms with van der Waals surface area (Å²) in [6.45, 7) is 6.38. The van der Waals surface area contributed by atoms with Crippen LogP contribution in [0.4, 0.5) is 0 Å². The van der Waals surface area contributed by atoms with E-state index in [-0.39, 0.29) is 10.8 Å². The Bertz CT molecular complexity index is 594. The summed E-state index contributed by atoms with van der Waals surface area (Å²) in [5.41, 5.74) is 0.489. The Balaban J connectivity index is 1.69. The lowest BCUT2D eigenvalue weighted by Crippen LogP contribution is -2.58. The van der Waals surface area contributed by atoms with Crippen LogP contribution in [0.2, 0.25) is 0 Å². The fourth-order valence-electron chi connectivity index (χ4n) is 7.30. The van der Waals surface area contributed by atoms with E-state index in [0.717, 1.165) is 44.9 Å². The van der Waals surface area contributed by atoms with Crippen molar-refractivity contribution in [1.29, 1.82) is 0 Å². The maximum Gasteiger partial charge on any atom is 0.155 e. The molecule has 0 saturated heterocycles. The Labute approximate surface area is 145 Å². The third kappa shape index (κ3) is 1.94. The van der Waals surface area contributed by atoms with E-state index in [1.807, 2.05) is 6.08 Å². The molecule has 3 nitrogen and oxygen atoms in total. The van der Waals surface area contributed by atoms with Gasteiger partial charge >= 0.3 is 0 Å². The number of rotatable bonds is 1. The van der Waals surface area contributed by atoms with Gasteiger partial charge in [0, 0.05) is 11.8 Å². The van der Waals surface area contributed by atoms with Crippen molar-refractivity contribution in [2.45, 2.75) is 83.8 Å². The Hall–Kier alpha value is -0.670. The van der Waals surface area contributed by atoms with E-state index in [1.165, 1.54) is 5.57 Å². The van der Waals surface area contributed by atoms with Crippen LogP contribution < -0.4 is 0 Å². The SMILES string of the molecule is C[C@@H](O)[C@]1(O)CC[C@H]2[C@@H]3CCC4=CC(=O)CC[C@@]4(C)[C@H]3CC[C@]21C. The van der Waals surface area contributed by atoms with Crippen molar-refractivity contribution in [1.82, 2.24) is 0 Å². The summed E-state index contributed by atoms with van der Waals surface area (Å²) in [4.78, 5) is 11.9. The van der Waals surface area contributed by atoms with Crippen LogP contribution in [0.25, 0.3) is 0 Å². The molecule has 2 N–H and O–H groups in total. The molecule has 0 spiro atoms. The lowest BCUT2D eigenvalue weighted by molar-refractivity contribution is -0.171. The zero-order valence-corrected chi connectivity index (χ0v) is 15.3. The molecular formula is C21H32O3. The molecule has 4 aliphatic rings. The summed E-state index contributed by atoms with van der Waals surface area (Å²) < 4.78 is 0. The molecule has 134 valence electrons. The Morgan fingerprint density at radius 1 is 1.08 bits per heavy atom. The topological polar surface area (TPSA) is 57.5 Å². The van der Waals surface area contributed by atoms with Crippen LogP contribution in [-0.2, 0) is 4.79 Å². The molecule has 4 aliphatic carbocycles. The van der Waals surface area contributed by atoms with E-state index in [1.54, 1.807) is 6.92 Å². The number of fused-ring (bicyclic) bond motifs is 5. The standard InChI is InChI=1S/C21H32O3/c1-13(22)21(24)11-8-18-16-5-4-14-12-15(23)6-9-19(14,2)17(16)7-10-20(18,21)3/h12-13,16-18,22,24H,4-11H2,1-3H3/t13-,16-,17+,18+,19-,20-,21-/m1/s1. The molecule has 0 heterocycles. The average molecular weight is 332 g/mol. The zero-order chi connectivity index (χ0) is 17.3. The molecule has 4 rings (SSSR count). The summed E-state index contributed by atoms with van der Waals surface area (Å²) in [5.74, 6) is 2.09. The van der Waals surface area contributed by atoms with Gasteiger partial charge in [0.05, 0.1) is 11.7 Å². The van der Waals surface area contributed by atoms with Gasteiger partial charge in [0.25, 0.3) is 0 Å². The van der Waals surface area contributed by atoms with Gasteiger partial charge in [-0.1, -0.05) is 19.4 Å². The van der Waals surface area contributed by atoms with E-state index in [2.05, 4.69) is 13.8 Å². The first-order valence-electron chi connectivity index (χ1n) is 9.87. The molecule has 0 unspecified atom stereocenters. The molecule has 0 aliphatic heterocycles. The number of aliphatic hydroxyl groups excluding tert-OH is 1. The molecule has 3 fully saturated rings. The second-order valence-electron chi connectivity index (χ2n) is 9.56. The summed E-state index contributed by atoms with van der Waals surface area (Å²) in [5, 5.41) is 21.5. The smallest absolute Gasteiger partial charge is 0.155 e. The molecule has 3 saturated carbocycles. The molecule has 3 heteroatoms. The van der Waals surface area contributed by atoms with Gasteiger partial charge in [0.1, 0.15) is 0 Å². The first-order chi connectivity index (χ1) is 11.2. The van der Waals surface area contributed by atoms with Gasteiger partial charge in [0.2, 0.25) is 0 Å². The van der Waals surface area contributed by atoms with Crippen molar-refractivity contribution in [3.8, 4) is 0 Å². The summed E-state index contributed by atoms with van der Waals surface area (Å²) >= 11 is 0. The fraction of sp³-hybridized carbons (Fsp3) is 0.857. The lowest BCUT2D eigenvalue weighted by atomic mass is 9.46. The molecular weight excluding hydrogens is 300 g/mol. The van der Waals surface area contributed by atoms with Crippen molar-refractivity contribution in [3.63, 3.8) is 0 Å². The molecule has 0 bridgehead atoms. The summed E-state index contributed by atoms with van der Waals surface area (Å²) in [7, 11) is 0. The van der Waals surface area contributed by atoms with Crippen molar-refractivity contribution in [2.24, 2.45) is 28.6 Å². The number of hydrogen-bond donors (Lipinski definition) is 2. The number of ketones is 1. The highest BCUT2D eigenvalue weighted by Gasteiger charge is 2.65. The zero-order valence-electron chi connectivity index (χ0n) is 15.3. The van der Waals surface area contributed by atoms with Crippen LogP contribution >= 0.6 is 0 Å². The van der Waals surface area contributed by atoms with E-state index >= 15 is 0 Å². The number of aliphatic hydroxyl groups is 2. The molecule has 7 atom stereocenters. The molecule has 24 heavy (non-hydrogen) atoms. The van der Waals surface area contributed by atoms with Gasteiger partial charge in [-0.15, -0.1) is 0 Å². The van der Waals surface area contributed by atoms with Gasteiger partial charge in [-0.05, 0) is 81.1 Å². The van der Waals surface area contributed by atoms with Crippen molar-refractivity contribution < 1.29 is 15.0 Å². The number of allylic oxidation sites excluding steroid dienone is 1. The average Bonchev–Trinajstić information content (AvgIpc) is 2.81. The number of carbonyl (C=O) groups excluding carboxylic acids is 1. The molecule has 0 aromatic rings. The molecule has 0 radical (unpaired) electrons. The minimum Gasteiger partial charge on any atom is -0.390 e. The Kier molecular flexibility index (Phi) is 3.61. The van der Waals surface area contributed by atoms with Crippen LogP contribution in [0.5, 0.6) is 0 Å². The second-order valence-corrected chi connectivity index (χ2v) is 9.56. The van der Waals surface area contributed by atoms with Gasteiger partial charge in [-0.2, -0.15) is 0 Å². The predicted octanol–water partition coefficient (Wildman–Crippen LogP) is 3.63. The first-order valence-corrected chi connectivity index (χ1v) is 9.87. The predicted molar refractivity (Wildman–Crippen MR) is 93.3 cm³/mol. The van der Waals surface area contributed by atoms with E-state index < -0.39 is 11.7 Å². The van der Waals surface area contributed by atoms with Gasteiger partial charge in [-0.25, -0.2) is 0 Å². The Morgan fingerprint density at radius 3 is 2.50 bits per heavy atom. The number of carbonyl (C=O) groups is 1. The third-order valence-electron chi connectivity index (χ3n) is 8.87. The van der Waals surface area contributed by atoms with Gasteiger partial charge < -0.3 is 10.2 Å². The maximum atomic E-state index is 11.9. The summed E-state index contributed by atoms with van der Waals surface area (Å²) in [6, 6.07) is 0. The van der Waals surface area contributed by atoms with Crippen molar-refractivity contribution >= 4 is 5.78 Å². The molecule has 0 aromatic carbocycles. The first kappa shape index (κ1) is 16.8. The van der Waals surface area contributed by atoms with Crippen LogP contribution in [0.15, 0.2) is 11.6 Å². The number of hydrogen-bond acceptors (Lipinski definition) is 3. The van der Waals surface area contributed by atoms with E-state index in [4.69, 9.17) is 0 Å². The highest BCUT2D eigenvalue weighted by Crippen LogP contribution is 2.67. The summed E-state index contributed by atoms with van der Waals surface area (Å²) in [6.07, 6.45) is 9.07. The van der Waals surface area contributed by atoms with Gasteiger partial charge in [-0.3, -0.25) is 4.79 Å². The highest BCUT2D eigenvalue weighted by molar-refractivity contribution is 5.91. The maximum absolute atomic E-state index is 11.9. The molecule has 0 amide bonds. The third-order valence-corrected chi connectivity index (χ3v) is 8.87. The quantitative estimate of drug-likeness (QED) is 0.771. The normalized spacial score (nSPS) is 52.1. The second kappa shape index (κ2) is 5.17. The minimum absolute atomic E-state index is 0.162. The highest BCUT2D eigenvalue weighted by atomic mass is 16.3. The molecule has 0 aromatic heterocycles.